The number of rotatable bonds is 5. The maximum absolute atomic E-state index is 10.9. The molecule has 1 unspecified atom stereocenters. The van der Waals surface area contributed by atoms with Gasteiger partial charge in [-0.3, -0.25) is 4.98 Å². The average molecular weight is 229 g/mol. The molecule has 0 aliphatic carbocycles. The summed E-state index contributed by atoms with van der Waals surface area (Å²) in [5, 5.41) is 9.58. The summed E-state index contributed by atoms with van der Waals surface area (Å²) in [4.78, 5) is 3.86. The van der Waals surface area contributed by atoms with Crippen LogP contribution in [0.4, 0.5) is 0 Å². The Kier molecular flexibility index (Phi) is 4.23. The zero-order valence-corrected chi connectivity index (χ0v) is 9.44. The summed E-state index contributed by atoms with van der Waals surface area (Å²) in [6.07, 6.45) is 4.62. The molecule has 84 valence electrons. The number of hydrogen-bond donors (Lipinski definition) is 1. The third-order valence-corrected chi connectivity index (χ3v) is 3.02. The predicted molar refractivity (Wildman–Crippen MR) is 58.3 cm³/mol. The first-order valence-corrected chi connectivity index (χ1v) is 6.78. The van der Waals surface area contributed by atoms with Crippen LogP contribution >= 0.6 is 0 Å². The lowest BCUT2D eigenvalue weighted by Crippen LogP contribution is -2.16. The van der Waals surface area contributed by atoms with Gasteiger partial charge in [0.05, 0.1) is 11.9 Å². The van der Waals surface area contributed by atoms with Crippen LogP contribution in [0.1, 0.15) is 12.0 Å². The number of aliphatic hydroxyl groups is 1. The van der Waals surface area contributed by atoms with Crippen molar-refractivity contribution in [3.8, 4) is 0 Å². The van der Waals surface area contributed by atoms with E-state index in [0.717, 1.165) is 5.56 Å². The second-order valence-corrected chi connectivity index (χ2v) is 5.89. The first-order chi connectivity index (χ1) is 6.97. The smallest absolute Gasteiger partial charge is 0.147 e. The minimum Gasteiger partial charge on any atom is -0.393 e. The molecule has 0 bridgehead atoms. The molecule has 0 aromatic carbocycles. The van der Waals surface area contributed by atoms with Crippen molar-refractivity contribution in [3.05, 3.63) is 30.1 Å². The highest BCUT2D eigenvalue weighted by Gasteiger charge is 2.09. The Labute approximate surface area is 89.9 Å². The van der Waals surface area contributed by atoms with E-state index >= 15 is 0 Å². The molecule has 1 heterocycles. The van der Waals surface area contributed by atoms with Crippen molar-refractivity contribution in [3.63, 3.8) is 0 Å². The molecule has 0 aliphatic rings. The zero-order valence-electron chi connectivity index (χ0n) is 8.63. The van der Waals surface area contributed by atoms with Crippen molar-refractivity contribution in [1.82, 2.24) is 4.98 Å². The Hall–Kier alpha value is -0.940. The van der Waals surface area contributed by atoms with Gasteiger partial charge < -0.3 is 5.11 Å². The largest absolute Gasteiger partial charge is 0.393 e. The summed E-state index contributed by atoms with van der Waals surface area (Å²) in [5.41, 5.74) is 0.964. The van der Waals surface area contributed by atoms with Gasteiger partial charge >= 0.3 is 0 Å². The molecule has 0 spiro atoms. The second kappa shape index (κ2) is 5.23. The minimum absolute atomic E-state index is 0.0270. The van der Waals surface area contributed by atoms with Gasteiger partial charge in [0.2, 0.25) is 0 Å². The molecule has 1 atom stereocenters. The van der Waals surface area contributed by atoms with Gasteiger partial charge in [-0.2, -0.15) is 0 Å². The fourth-order valence-corrected chi connectivity index (χ4v) is 1.94. The van der Waals surface area contributed by atoms with Crippen LogP contribution in [0.2, 0.25) is 0 Å². The molecule has 4 nitrogen and oxygen atoms in total. The van der Waals surface area contributed by atoms with Crippen molar-refractivity contribution >= 4 is 9.84 Å². The number of aromatic nitrogens is 1. The monoisotopic (exact) mass is 229 g/mol. The molecular formula is C10H15NO3S. The van der Waals surface area contributed by atoms with E-state index in [2.05, 4.69) is 4.98 Å². The average Bonchev–Trinajstić information content (AvgIpc) is 2.15. The number of hydrogen-bond acceptors (Lipinski definition) is 4. The lowest BCUT2D eigenvalue weighted by Gasteiger charge is -2.09. The highest BCUT2D eigenvalue weighted by molar-refractivity contribution is 7.90. The molecule has 1 aromatic rings. The van der Waals surface area contributed by atoms with Gasteiger partial charge in [0.25, 0.3) is 0 Å². The Morgan fingerprint density at radius 1 is 1.40 bits per heavy atom. The summed E-state index contributed by atoms with van der Waals surface area (Å²) >= 11 is 0. The van der Waals surface area contributed by atoms with E-state index in [-0.39, 0.29) is 12.2 Å². The predicted octanol–water partition coefficient (Wildman–Crippen LogP) is 0.420. The van der Waals surface area contributed by atoms with Crippen molar-refractivity contribution in [2.75, 3.05) is 12.0 Å². The highest BCUT2D eigenvalue weighted by atomic mass is 32.2. The molecule has 0 radical (unpaired) electrons. The van der Waals surface area contributed by atoms with Gasteiger partial charge in [-0.05, 0) is 30.5 Å². The Balaban J connectivity index is 2.40. The van der Waals surface area contributed by atoms with Gasteiger partial charge in [-0.25, -0.2) is 8.42 Å². The first-order valence-electron chi connectivity index (χ1n) is 4.72. The van der Waals surface area contributed by atoms with E-state index in [1.54, 1.807) is 12.4 Å². The summed E-state index contributed by atoms with van der Waals surface area (Å²) in [5.74, 6) is 0.0270. The molecule has 1 N–H and O–H groups in total. The molecule has 0 amide bonds. The van der Waals surface area contributed by atoms with E-state index in [0.29, 0.717) is 6.42 Å². The first kappa shape index (κ1) is 12.1. The molecule has 0 fully saturated rings. The van der Waals surface area contributed by atoms with Crippen LogP contribution in [-0.2, 0) is 16.3 Å². The quantitative estimate of drug-likeness (QED) is 0.794. The maximum atomic E-state index is 10.9. The van der Waals surface area contributed by atoms with E-state index in [1.807, 2.05) is 12.1 Å². The lowest BCUT2D eigenvalue weighted by molar-refractivity contribution is 0.171. The fourth-order valence-electron chi connectivity index (χ4n) is 1.24. The number of aliphatic hydroxyl groups excluding tert-OH is 1. The summed E-state index contributed by atoms with van der Waals surface area (Å²) < 4.78 is 21.7. The minimum atomic E-state index is -2.98. The Morgan fingerprint density at radius 3 is 2.53 bits per heavy atom. The van der Waals surface area contributed by atoms with Crippen molar-refractivity contribution in [2.45, 2.75) is 18.9 Å². The molecule has 5 heteroatoms. The van der Waals surface area contributed by atoms with Gasteiger partial charge in [-0.15, -0.1) is 0 Å². The lowest BCUT2D eigenvalue weighted by atomic mass is 10.1. The zero-order chi connectivity index (χ0) is 11.3. The van der Waals surface area contributed by atoms with Crippen molar-refractivity contribution < 1.29 is 13.5 Å². The number of sulfone groups is 1. The van der Waals surface area contributed by atoms with Gasteiger partial charge in [0.15, 0.2) is 0 Å². The highest BCUT2D eigenvalue weighted by Crippen LogP contribution is 2.05. The SMILES string of the molecule is CS(=O)(=O)CCC(O)Cc1ccncc1. The molecule has 15 heavy (non-hydrogen) atoms. The summed E-state index contributed by atoms with van der Waals surface area (Å²) in [7, 11) is -2.98. The number of nitrogens with zero attached hydrogens (tertiary/aromatic N) is 1. The van der Waals surface area contributed by atoms with E-state index in [4.69, 9.17) is 0 Å². The standard InChI is InChI=1S/C10H15NO3S/c1-15(13,14)7-4-10(12)8-9-2-5-11-6-3-9/h2-3,5-6,10,12H,4,7-8H2,1H3. The van der Waals surface area contributed by atoms with E-state index in [9.17, 15) is 13.5 Å². The topological polar surface area (TPSA) is 67.3 Å². The van der Waals surface area contributed by atoms with Crippen LogP contribution < -0.4 is 0 Å². The molecule has 0 saturated heterocycles. The van der Waals surface area contributed by atoms with Crippen LogP contribution in [0.5, 0.6) is 0 Å². The van der Waals surface area contributed by atoms with Crippen LogP contribution in [0.15, 0.2) is 24.5 Å². The molecule has 1 rings (SSSR count). The third kappa shape index (κ3) is 5.49. The van der Waals surface area contributed by atoms with Crippen molar-refractivity contribution in [1.29, 1.82) is 0 Å². The second-order valence-electron chi connectivity index (χ2n) is 3.63. The molecule has 0 saturated carbocycles. The summed E-state index contributed by atoms with van der Waals surface area (Å²) in [6.45, 7) is 0. The van der Waals surface area contributed by atoms with Gasteiger partial charge in [0, 0.05) is 18.6 Å². The Morgan fingerprint density at radius 2 is 2.00 bits per heavy atom. The molecular weight excluding hydrogens is 214 g/mol. The van der Waals surface area contributed by atoms with Gasteiger partial charge in [-0.1, -0.05) is 0 Å². The van der Waals surface area contributed by atoms with Crippen molar-refractivity contribution in [2.24, 2.45) is 0 Å². The maximum Gasteiger partial charge on any atom is 0.147 e. The van der Waals surface area contributed by atoms with Crippen LogP contribution in [0.25, 0.3) is 0 Å². The molecule has 1 aromatic heterocycles. The van der Waals surface area contributed by atoms with Crippen LogP contribution in [0, 0.1) is 0 Å². The van der Waals surface area contributed by atoms with E-state index < -0.39 is 15.9 Å². The van der Waals surface area contributed by atoms with E-state index in [1.165, 1.54) is 6.26 Å². The normalized spacial score (nSPS) is 13.7. The number of pyridine rings is 1. The van der Waals surface area contributed by atoms with Crippen LogP contribution in [0.3, 0.4) is 0 Å². The van der Waals surface area contributed by atoms with Gasteiger partial charge in [0.1, 0.15) is 9.84 Å². The fraction of sp³-hybridized carbons (Fsp3) is 0.500. The van der Waals surface area contributed by atoms with Crippen LogP contribution in [-0.4, -0.2) is 36.6 Å². The Bertz CT molecular complexity index is 388. The summed E-state index contributed by atoms with van der Waals surface area (Å²) in [6, 6.07) is 3.62. The molecule has 0 aliphatic heterocycles. The third-order valence-electron chi connectivity index (χ3n) is 2.04.